The normalized spacial score (nSPS) is 17.7. The van der Waals surface area contributed by atoms with Crippen LogP contribution in [0.4, 0.5) is 0 Å². The average Bonchev–Trinajstić information content (AvgIpc) is 2.83. The number of rotatable bonds is 3. The molecule has 15 heavy (non-hydrogen) atoms. The molecule has 1 fully saturated rings. The van der Waals surface area contributed by atoms with Crippen LogP contribution in [0.3, 0.4) is 0 Å². The highest BCUT2D eigenvalue weighted by molar-refractivity contribution is 6.29. The topological polar surface area (TPSA) is 54.9 Å². The zero-order chi connectivity index (χ0) is 11.1. The highest BCUT2D eigenvalue weighted by atomic mass is 35.5. The molecule has 82 valence electrons. The van der Waals surface area contributed by atoms with Gasteiger partial charge in [-0.15, -0.1) is 0 Å². The fourth-order valence-corrected chi connectivity index (χ4v) is 2.29. The lowest BCUT2D eigenvalue weighted by Crippen LogP contribution is -2.41. The predicted octanol–water partition coefficient (Wildman–Crippen LogP) is 1.48. The third-order valence-electron chi connectivity index (χ3n) is 2.92. The van der Waals surface area contributed by atoms with Gasteiger partial charge in [0.15, 0.2) is 0 Å². The van der Waals surface area contributed by atoms with Crippen molar-refractivity contribution in [1.82, 2.24) is 9.55 Å². The van der Waals surface area contributed by atoms with Gasteiger partial charge in [-0.1, -0.05) is 24.9 Å². The molecular formula is C10H13ClN2O2. The van der Waals surface area contributed by atoms with E-state index < -0.39 is 5.69 Å². The molecule has 1 aliphatic carbocycles. The van der Waals surface area contributed by atoms with Crippen LogP contribution in [-0.2, 0) is 5.54 Å². The van der Waals surface area contributed by atoms with Crippen molar-refractivity contribution in [3.8, 4) is 0 Å². The van der Waals surface area contributed by atoms with Gasteiger partial charge < -0.3 is 0 Å². The molecule has 0 radical (unpaired) electrons. The molecule has 1 heterocycles. The molecule has 1 aromatic heterocycles. The highest BCUT2D eigenvalue weighted by Crippen LogP contribution is 2.45. The number of hydrogen-bond donors (Lipinski definition) is 1. The molecule has 0 unspecified atom stereocenters. The lowest BCUT2D eigenvalue weighted by Gasteiger charge is -2.16. The van der Waals surface area contributed by atoms with Gasteiger partial charge in [-0.3, -0.25) is 14.3 Å². The Hall–Kier alpha value is -1.03. The summed E-state index contributed by atoms with van der Waals surface area (Å²) in [5.41, 5.74) is -0.919. The summed E-state index contributed by atoms with van der Waals surface area (Å²) in [6.07, 6.45) is 3.66. The molecule has 1 saturated carbocycles. The molecule has 1 aromatic rings. The van der Waals surface area contributed by atoms with Gasteiger partial charge >= 0.3 is 5.69 Å². The van der Waals surface area contributed by atoms with Crippen molar-refractivity contribution in [2.45, 2.75) is 38.1 Å². The molecule has 0 aromatic carbocycles. The zero-order valence-corrected chi connectivity index (χ0v) is 9.30. The molecule has 1 N–H and O–H groups in total. The minimum absolute atomic E-state index is 0.105. The zero-order valence-electron chi connectivity index (χ0n) is 8.55. The van der Waals surface area contributed by atoms with E-state index in [4.69, 9.17) is 11.6 Å². The summed E-state index contributed by atoms with van der Waals surface area (Å²) in [6, 6.07) is 1.26. The third kappa shape index (κ3) is 1.74. The first kappa shape index (κ1) is 10.5. The first-order valence-corrected chi connectivity index (χ1v) is 5.49. The van der Waals surface area contributed by atoms with Crippen molar-refractivity contribution < 1.29 is 0 Å². The van der Waals surface area contributed by atoms with Gasteiger partial charge in [0.2, 0.25) is 0 Å². The van der Waals surface area contributed by atoms with Gasteiger partial charge in [0.1, 0.15) is 5.15 Å². The van der Waals surface area contributed by atoms with Crippen molar-refractivity contribution >= 4 is 11.6 Å². The molecule has 0 bridgehead atoms. The second-order valence-electron chi connectivity index (χ2n) is 4.07. The van der Waals surface area contributed by atoms with E-state index in [0.717, 1.165) is 25.7 Å². The molecule has 0 aliphatic heterocycles. The van der Waals surface area contributed by atoms with Crippen LogP contribution in [0.25, 0.3) is 0 Å². The monoisotopic (exact) mass is 228 g/mol. The Balaban J connectivity index is 2.54. The summed E-state index contributed by atoms with van der Waals surface area (Å²) in [5.74, 6) is 0. The van der Waals surface area contributed by atoms with Crippen LogP contribution < -0.4 is 11.2 Å². The van der Waals surface area contributed by atoms with E-state index in [0.29, 0.717) is 0 Å². The van der Waals surface area contributed by atoms with Gasteiger partial charge in [-0.2, -0.15) is 0 Å². The van der Waals surface area contributed by atoms with Gasteiger partial charge in [-0.25, -0.2) is 4.79 Å². The van der Waals surface area contributed by atoms with Crippen molar-refractivity contribution in [2.24, 2.45) is 0 Å². The second-order valence-corrected chi connectivity index (χ2v) is 4.48. The van der Waals surface area contributed by atoms with Crippen LogP contribution >= 0.6 is 11.6 Å². The molecule has 4 nitrogen and oxygen atoms in total. The first-order valence-electron chi connectivity index (χ1n) is 5.11. The highest BCUT2D eigenvalue weighted by Gasteiger charge is 2.45. The third-order valence-corrected chi connectivity index (χ3v) is 3.12. The lowest BCUT2D eigenvalue weighted by atomic mass is 10.1. The average molecular weight is 229 g/mol. The van der Waals surface area contributed by atoms with Gasteiger partial charge in [-0.05, 0) is 19.3 Å². The van der Waals surface area contributed by atoms with Gasteiger partial charge in [0, 0.05) is 6.07 Å². The number of halogens is 1. The van der Waals surface area contributed by atoms with E-state index in [9.17, 15) is 9.59 Å². The Bertz CT molecular complexity index is 454. The summed E-state index contributed by atoms with van der Waals surface area (Å²) in [6.45, 7) is 2.05. The fourth-order valence-electron chi connectivity index (χ4n) is 2.11. The lowest BCUT2D eigenvalue weighted by molar-refractivity contribution is 0.408. The molecule has 5 heteroatoms. The van der Waals surface area contributed by atoms with Crippen molar-refractivity contribution in [2.75, 3.05) is 0 Å². The number of nitrogens with one attached hydrogen (secondary N) is 1. The molecule has 2 rings (SSSR count). The number of nitrogens with zero attached hydrogens (tertiary/aromatic N) is 1. The quantitative estimate of drug-likeness (QED) is 0.797. The van der Waals surface area contributed by atoms with E-state index in [1.54, 1.807) is 0 Å². The summed E-state index contributed by atoms with van der Waals surface area (Å²) >= 11 is 5.60. The number of aromatic amines is 1. The molecule has 0 atom stereocenters. The molecule has 1 aliphatic rings. The SMILES string of the molecule is CCCC1(n2c(=O)cc(Cl)[nH]c2=O)CC1. The van der Waals surface area contributed by atoms with Crippen LogP contribution in [0.15, 0.2) is 15.7 Å². The summed E-state index contributed by atoms with van der Waals surface area (Å²) in [4.78, 5) is 25.8. The van der Waals surface area contributed by atoms with Crippen LogP contribution in [-0.4, -0.2) is 9.55 Å². The maximum Gasteiger partial charge on any atom is 0.329 e. The maximum atomic E-state index is 11.7. The molecule has 0 saturated heterocycles. The van der Waals surface area contributed by atoms with E-state index in [1.165, 1.54) is 10.6 Å². The molecular weight excluding hydrogens is 216 g/mol. The maximum absolute atomic E-state index is 11.7. The minimum atomic E-state index is -0.390. The summed E-state index contributed by atoms with van der Waals surface area (Å²) in [7, 11) is 0. The van der Waals surface area contributed by atoms with Gasteiger partial charge in [0.25, 0.3) is 5.56 Å². The van der Waals surface area contributed by atoms with Crippen molar-refractivity contribution in [3.63, 3.8) is 0 Å². The molecule has 0 amide bonds. The Morgan fingerprint density at radius 3 is 2.67 bits per heavy atom. The Kier molecular flexibility index (Phi) is 2.46. The van der Waals surface area contributed by atoms with E-state index in [2.05, 4.69) is 11.9 Å². The van der Waals surface area contributed by atoms with E-state index >= 15 is 0 Å². The predicted molar refractivity (Wildman–Crippen MR) is 58.4 cm³/mol. The Morgan fingerprint density at radius 1 is 1.53 bits per heavy atom. The molecule has 0 spiro atoms. The number of H-pyrrole nitrogens is 1. The Labute approximate surface area is 91.9 Å². The first-order chi connectivity index (χ1) is 7.09. The van der Waals surface area contributed by atoms with Crippen LogP contribution in [0.2, 0.25) is 5.15 Å². The Morgan fingerprint density at radius 2 is 2.20 bits per heavy atom. The van der Waals surface area contributed by atoms with Gasteiger partial charge in [0.05, 0.1) is 5.54 Å². The largest absolute Gasteiger partial charge is 0.329 e. The van der Waals surface area contributed by atoms with E-state index in [1.807, 2.05) is 0 Å². The van der Waals surface area contributed by atoms with Crippen LogP contribution in [0, 0.1) is 0 Å². The summed E-state index contributed by atoms with van der Waals surface area (Å²) < 4.78 is 1.32. The van der Waals surface area contributed by atoms with Crippen molar-refractivity contribution in [1.29, 1.82) is 0 Å². The second kappa shape index (κ2) is 3.52. The summed E-state index contributed by atoms with van der Waals surface area (Å²) in [5, 5.41) is 0.105. The van der Waals surface area contributed by atoms with Crippen molar-refractivity contribution in [3.05, 3.63) is 32.1 Å². The number of hydrogen-bond acceptors (Lipinski definition) is 2. The minimum Gasteiger partial charge on any atom is -0.298 e. The fraction of sp³-hybridized carbons (Fsp3) is 0.600. The van der Waals surface area contributed by atoms with Crippen LogP contribution in [0.5, 0.6) is 0 Å². The van der Waals surface area contributed by atoms with E-state index in [-0.39, 0.29) is 16.3 Å². The number of aromatic nitrogens is 2. The van der Waals surface area contributed by atoms with Crippen LogP contribution in [0.1, 0.15) is 32.6 Å². The standard InChI is InChI=1S/C10H13ClN2O2/c1-2-3-10(4-5-10)13-8(14)6-7(11)12-9(13)15/h6H,2-5H2,1H3,(H,12,15). The smallest absolute Gasteiger partial charge is 0.298 e.